The fourth-order valence-electron chi connectivity index (χ4n) is 3.68. The molecule has 2 rings (SSSR count). The summed E-state index contributed by atoms with van der Waals surface area (Å²) in [6.45, 7) is 7.49. The Hall–Kier alpha value is -1.10. The highest BCUT2D eigenvalue weighted by Crippen LogP contribution is 2.32. The number of aliphatic hydroxyl groups is 1. The van der Waals surface area contributed by atoms with Gasteiger partial charge in [-0.25, -0.2) is 0 Å². The molecule has 0 aromatic heterocycles. The highest BCUT2D eigenvalue weighted by Gasteiger charge is 2.35. The summed E-state index contributed by atoms with van der Waals surface area (Å²) >= 11 is 0. The Labute approximate surface area is 146 Å². The van der Waals surface area contributed by atoms with Crippen molar-refractivity contribution < 1.29 is 14.7 Å². The summed E-state index contributed by atoms with van der Waals surface area (Å²) in [5.41, 5.74) is -0.795. The van der Waals surface area contributed by atoms with Crippen LogP contribution in [0.25, 0.3) is 0 Å². The highest BCUT2D eigenvalue weighted by molar-refractivity contribution is 5.80. The van der Waals surface area contributed by atoms with Crippen LogP contribution in [0.15, 0.2) is 0 Å². The molecular formula is C19H34N2O3. The minimum atomic E-state index is -0.795. The third kappa shape index (κ3) is 5.20. The fourth-order valence-corrected chi connectivity index (χ4v) is 3.68. The molecule has 1 saturated heterocycles. The minimum absolute atomic E-state index is 0.00742. The normalized spacial score (nSPS) is 23.1. The van der Waals surface area contributed by atoms with Gasteiger partial charge in [-0.1, -0.05) is 33.1 Å². The van der Waals surface area contributed by atoms with E-state index in [-0.39, 0.29) is 30.2 Å². The maximum absolute atomic E-state index is 12.5. The Morgan fingerprint density at radius 3 is 2.25 bits per heavy atom. The Morgan fingerprint density at radius 1 is 1.12 bits per heavy atom. The SMILES string of the molecule is CC(C)C(C)NC(=O)C1CCN(C(=O)CC2(O)CCCCC2)CC1. The molecule has 0 aromatic carbocycles. The van der Waals surface area contributed by atoms with Gasteiger partial charge in [0.25, 0.3) is 0 Å². The molecule has 138 valence electrons. The van der Waals surface area contributed by atoms with Crippen LogP contribution in [0, 0.1) is 11.8 Å². The van der Waals surface area contributed by atoms with Gasteiger partial charge in [0.2, 0.25) is 11.8 Å². The van der Waals surface area contributed by atoms with Crippen molar-refractivity contribution >= 4 is 11.8 Å². The van der Waals surface area contributed by atoms with Crippen molar-refractivity contribution in [1.82, 2.24) is 10.2 Å². The van der Waals surface area contributed by atoms with Gasteiger partial charge in [0, 0.05) is 25.0 Å². The van der Waals surface area contributed by atoms with Crippen molar-refractivity contribution in [1.29, 1.82) is 0 Å². The van der Waals surface area contributed by atoms with Crippen LogP contribution in [0.2, 0.25) is 0 Å². The molecule has 5 nitrogen and oxygen atoms in total. The number of nitrogens with one attached hydrogen (secondary N) is 1. The van der Waals surface area contributed by atoms with Crippen LogP contribution in [-0.2, 0) is 9.59 Å². The molecule has 1 unspecified atom stereocenters. The van der Waals surface area contributed by atoms with Crippen LogP contribution in [0.4, 0.5) is 0 Å². The maximum atomic E-state index is 12.5. The van der Waals surface area contributed by atoms with Crippen molar-refractivity contribution in [2.75, 3.05) is 13.1 Å². The lowest BCUT2D eigenvalue weighted by molar-refractivity contribution is -0.141. The molecule has 2 aliphatic rings. The van der Waals surface area contributed by atoms with Crippen molar-refractivity contribution in [2.24, 2.45) is 11.8 Å². The molecule has 2 amide bonds. The molecule has 0 spiro atoms. The first-order valence-corrected chi connectivity index (χ1v) is 9.61. The average Bonchev–Trinajstić information content (AvgIpc) is 2.55. The van der Waals surface area contributed by atoms with E-state index in [9.17, 15) is 14.7 Å². The lowest BCUT2D eigenvalue weighted by Crippen LogP contribution is -2.47. The van der Waals surface area contributed by atoms with E-state index in [0.29, 0.717) is 19.0 Å². The topological polar surface area (TPSA) is 69.6 Å². The lowest BCUT2D eigenvalue weighted by atomic mass is 9.82. The van der Waals surface area contributed by atoms with Gasteiger partial charge in [-0.2, -0.15) is 0 Å². The van der Waals surface area contributed by atoms with E-state index in [1.54, 1.807) is 0 Å². The number of amides is 2. The Bertz CT molecular complexity index is 436. The minimum Gasteiger partial charge on any atom is -0.389 e. The highest BCUT2D eigenvalue weighted by atomic mass is 16.3. The standard InChI is InChI=1S/C19H34N2O3/c1-14(2)15(3)20-18(23)16-7-11-21(12-8-16)17(22)13-19(24)9-5-4-6-10-19/h14-16,24H,4-13H2,1-3H3,(H,20,23). The van der Waals surface area contributed by atoms with Crippen molar-refractivity contribution in [3.05, 3.63) is 0 Å². The molecule has 1 aliphatic heterocycles. The summed E-state index contributed by atoms with van der Waals surface area (Å²) in [7, 11) is 0. The molecule has 0 radical (unpaired) electrons. The second-order valence-corrected chi connectivity index (χ2v) is 8.16. The fraction of sp³-hybridized carbons (Fsp3) is 0.895. The summed E-state index contributed by atoms with van der Waals surface area (Å²) in [4.78, 5) is 26.6. The van der Waals surface area contributed by atoms with Gasteiger partial charge in [0.1, 0.15) is 0 Å². The molecular weight excluding hydrogens is 304 g/mol. The van der Waals surface area contributed by atoms with Crippen LogP contribution in [0.3, 0.4) is 0 Å². The first-order valence-electron chi connectivity index (χ1n) is 9.61. The summed E-state index contributed by atoms with van der Waals surface area (Å²) in [5, 5.41) is 13.6. The van der Waals surface area contributed by atoms with Gasteiger partial charge in [-0.15, -0.1) is 0 Å². The first kappa shape index (κ1) is 19.2. The van der Waals surface area contributed by atoms with Gasteiger partial charge in [-0.3, -0.25) is 9.59 Å². The number of likely N-dealkylation sites (tertiary alicyclic amines) is 1. The largest absolute Gasteiger partial charge is 0.389 e. The third-order valence-electron chi connectivity index (χ3n) is 5.85. The number of rotatable bonds is 5. The van der Waals surface area contributed by atoms with Gasteiger partial charge in [-0.05, 0) is 38.5 Å². The first-order chi connectivity index (χ1) is 11.3. The van der Waals surface area contributed by atoms with Crippen LogP contribution in [-0.4, -0.2) is 46.6 Å². The molecule has 0 bridgehead atoms. The number of hydrogen-bond acceptors (Lipinski definition) is 3. The zero-order valence-corrected chi connectivity index (χ0v) is 15.5. The molecule has 1 atom stereocenters. The molecule has 1 aliphatic carbocycles. The monoisotopic (exact) mass is 338 g/mol. The van der Waals surface area contributed by atoms with E-state index in [0.717, 1.165) is 44.9 Å². The second-order valence-electron chi connectivity index (χ2n) is 8.16. The molecule has 1 heterocycles. The van der Waals surface area contributed by atoms with E-state index in [2.05, 4.69) is 19.2 Å². The number of nitrogens with zero attached hydrogens (tertiary/aromatic N) is 1. The lowest BCUT2D eigenvalue weighted by Gasteiger charge is -2.36. The van der Waals surface area contributed by atoms with E-state index >= 15 is 0 Å². The van der Waals surface area contributed by atoms with Gasteiger partial charge >= 0.3 is 0 Å². The van der Waals surface area contributed by atoms with E-state index in [4.69, 9.17) is 0 Å². The van der Waals surface area contributed by atoms with Crippen molar-refractivity contribution in [2.45, 2.75) is 83.8 Å². The molecule has 1 saturated carbocycles. The number of carbonyl (C=O) groups is 2. The average molecular weight is 338 g/mol. The predicted molar refractivity (Wildman–Crippen MR) is 94.4 cm³/mol. The van der Waals surface area contributed by atoms with Gasteiger partial charge in [0.15, 0.2) is 0 Å². The van der Waals surface area contributed by atoms with Gasteiger partial charge < -0.3 is 15.3 Å². The number of hydrogen-bond donors (Lipinski definition) is 2. The maximum Gasteiger partial charge on any atom is 0.225 e. The quantitative estimate of drug-likeness (QED) is 0.809. The zero-order chi connectivity index (χ0) is 17.7. The second kappa shape index (κ2) is 8.32. The molecule has 2 fully saturated rings. The molecule has 0 aromatic rings. The van der Waals surface area contributed by atoms with Gasteiger partial charge in [0.05, 0.1) is 12.0 Å². The molecule has 24 heavy (non-hydrogen) atoms. The van der Waals surface area contributed by atoms with E-state index in [1.165, 1.54) is 0 Å². The van der Waals surface area contributed by atoms with Crippen molar-refractivity contribution in [3.8, 4) is 0 Å². The summed E-state index contributed by atoms with van der Waals surface area (Å²) in [6.07, 6.45) is 6.36. The number of carbonyl (C=O) groups excluding carboxylic acids is 2. The Kier molecular flexibility index (Phi) is 6.67. The van der Waals surface area contributed by atoms with Crippen molar-refractivity contribution in [3.63, 3.8) is 0 Å². The zero-order valence-electron chi connectivity index (χ0n) is 15.5. The van der Waals surface area contributed by atoms with E-state index < -0.39 is 5.60 Å². The van der Waals surface area contributed by atoms with Crippen LogP contribution in [0.1, 0.15) is 72.1 Å². The molecule has 2 N–H and O–H groups in total. The summed E-state index contributed by atoms with van der Waals surface area (Å²) in [6, 6.07) is 0.178. The van der Waals surface area contributed by atoms with Crippen LogP contribution < -0.4 is 5.32 Å². The summed E-state index contributed by atoms with van der Waals surface area (Å²) < 4.78 is 0. The van der Waals surface area contributed by atoms with Crippen LogP contribution >= 0.6 is 0 Å². The Balaban J connectivity index is 1.77. The predicted octanol–water partition coefficient (Wildman–Crippen LogP) is 2.47. The van der Waals surface area contributed by atoms with E-state index in [1.807, 2.05) is 11.8 Å². The number of piperidine rings is 1. The third-order valence-corrected chi connectivity index (χ3v) is 5.85. The molecule has 5 heteroatoms. The Morgan fingerprint density at radius 2 is 1.71 bits per heavy atom. The van der Waals surface area contributed by atoms with Crippen LogP contribution in [0.5, 0.6) is 0 Å². The summed E-state index contributed by atoms with van der Waals surface area (Å²) in [5.74, 6) is 0.600. The smallest absolute Gasteiger partial charge is 0.225 e.